The lowest BCUT2D eigenvalue weighted by atomic mass is 9.97. The van der Waals surface area contributed by atoms with Crippen LogP contribution in [-0.2, 0) is 14.8 Å². The van der Waals surface area contributed by atoms with Gasteiger partial charge in [0.2, 0.25) is 15.9 Å². The molecule has 1 aliphatic heterocycles. The number of piperidine rings is 1. The predicted molar refractivity (Wildman–Crippen MR) is 125 cm³/mol. The first kappa shape index (κ1) is 23.9. The van der Waals surface area contributed by atoms with Crippen molar-refractivity contribution in [3.05, 3.63) is 58.6 Å². The van der Waals surface area contributed by atoms with E-state index >= 15 is 0 Å². The van der Waals surface area contributed by atoms with Gasteiger partial charge in [-0.2, -0.15) is 4.31 Å². The van der Waals surface area contributed by atoms with Gasteiger partial charge in [-0.15, -0.1) is 0 Å². The molecular formula is C22H27Cl2N3O3S. The first-order valence-electron chi connectivity index (χ1n) is 10.3. The Morgan fingerprint density at radius 1 is 1.13 bits per heavy atom. The maximum Gasteiger partial charge on any atom is 0.244 e. The van der Waals surface area contributed by atoms with Gasteiger partial charge in [0.1, 0.15) is 4.90 Å². The highest BCUT2D eigenvalue weighted by Crippen LogP contribution is 2.30. The van der Waals surface area contributed by atoms with Gasteiger partial charge < -0.3 is 10.2 Å². The largest absolute Gasteiger partial charge is 0.375 e. The molecule has 9 heteroatoms. The van der Waals surface area contributed by atoms with E-state index in [1.54, 1.807) is 6.07 Å². The van der Waals surface area contributed by atoms with E-state index in [0.29, 0.717) is 24.4 Å². The summed E-state index contributed by atoms with van der Waals surface area (Å²) in [5, 5.41) is 3.45. The number of halogens is 2. The lowest BCUT2D eigenvalue weighted by Crippen LogP contribution is -2.43. The predicted octanol–water partition coefficient (Wildman–Crippen LogP) is 4.04. The number of sulfonamides is 1. The van der Waals surface area contributed by atoms with Gasteiger partial charge in [-0.3, -0.25) is 4.79 Å². The number of benzene rings is 2. The van der Waals surface area contributed by atoms with Crippen molar-refractivity contribution >= 4 is 44.8 Å². The molecular weight excluding hydrogens is 457 g/mol. The van der Waals surface area contributed by atoms with Crippen LogP contribution in [0.4, 0.5) is 5.69 Å². The smallest absolute Gasteiger partial charge is 0.244 e. The van der Waals surface area contributed by atoms with Crippen LogP contribution in [0.15, 0.2) is 53.4 Å². The number of nitrogens with zero attached hydrogens (tertiary/aromatic N) is 2. The number of anilines is 1. The molecule has 0 radical (unpaired) electrons. The fraction of sp³-hybridized carbons (Fsp3) is 0.409. The molecule has 168 valence electrons. The number of hydrogen-bond acceptors (Lipinski definition) is 4. The third-order valence-electron chi connectivity index (χ3n) is 5.50. The number of para-hydroxylation sites is 1. The standard InChI is InChI=1S/C22H27Cl2N3O3S/c1-26(19-6-3-2-4-7-19)13-5-12-25-22(28)17-10-14-27(15-11-17)31(29,30)21-16-18(23)8-9-20(21)24/h2-4,6-9,16-17H,5,10-15H2,1H3,(H,25,28). The van der Waals surface area contributed by atoms with Crippen LogP contribution in [0.5, 0.6) is 0 Å². The second kappa shape index (κ2) is 10.7. The number of amides is 1. The van der Waals surface area contributed by atoms with Crippen molar-refractivity contribution in [3.63, 3.8) is 0 Å². The van der Waals surface area contributed by atoms with Gasteiger partial charge in [0.25, 0.3) is 0 Å². The van der Waals surface area contributed by atoms with Crippen molar-refractivity contribution in [3.8, 4) is 0 Å². The summed E-state index contributed by atoms with van der Waals surface area (Å²) in [5.74, 6) is -0.201. The number of nitrogens with one attached hydrogen (secondary N) is 1. The van der Waals surface area contributed by atoms with E-state index in [2.05, 4.69) is 22.3 Å². The molecule has 0 aliphatic carbocycles. The molecule has 0 atom stereocenters. The Hall–Kier alpha value is -1.80. The van der Waals surface area contributed by atoms with Crippen molar-refractivity contribution in [2.45, 2.75) is 24.2 Å². The second-order valence-corrected chi connectivity index (χ2v) is 10.4. The first-order chi connectivity index (χ1) is 14.8. The quantitative estimate of drug-likeness (QED) is 0.575. The number of carbonyl (C=O) groups excluding carboxylic acids is 1. The van der Waals surface area contributed by atoms with E-state index in [1.807, 2.05) is 25.2 Å². The molecule has 0 unspecified atom stereocenters. The molecule has 1 saturated heterocycles. The van der Waals surface area contributed by atoms with Gasteiger partial charge in [-0.05, 0) is 49.6 Å². The fourth-order valence-electron chi connectivity index (χ4n) is 3.66. The molecule has 0 aromatic heterocycles. The highest BCUT2D eigenvalue weighted by atomic mass is 35.5. The number of rotatable bonds is 8. The maximum absolute atomic E-state index is 12.9. The van der Waals surface area contributed by atoms with E-state index in [4.69, 9.17) is 23.2 Å². The monoisotopic (exact) mass is 483 g/mol. The van der Waals surface area contributed by atoms with Crippen LogP contribution in [0.3, 0.4) is 0 Å². The molecule has 1 N–H and O–H groups in total. The molecule has 1 heterocycles. The Bertz CT molecular complexity index is 994. The van der Waals surface area contributed by atoms with Crippen LogP contribution in [-0.4, -0.2) is 51.9 Å². The summed E-state index contributed by atoms with van der Waals surface area (Å²) in [5.41, 5.74) is 1.14. The van der Waals surface area contributed by atoms with Gasteiger partial charge >= 0.3 is 0 Å². The minimum absolute atomic E-state index is 0.00658. The van der Waals surface area contributed by atoms with Crippen molar-refractivity contribution in [1.82, 2.24) is 9.62 Å². The van der Waals surface area contributed by atoms with Crippen LogP contribution >= 0.6 is 23.2 Å². The number of hydrogen-bond donors (Lipinski definition) is 1. The fourth-order valence-corrected chi connectivity index (χ4v) is 5.86. The highest BCUT2D eigenvalue weighted by Gasteiger charge is 2.33. The van der Waals surface area contributed by atoms with Gasteiger partial charge in [-0.25, -0.2) is 8.42 Å². The van der Waals surface area contributed by atoms with Crippen LogP contribution in [0, 0.1) is 5.92 Å². The van der Waals surface area contributed by atoms with E-state index in [1.165, 1.54) is 16.4 Å². The first-order valence-corrected chi connectivity index (χ1v) is 12.5. The summed E-state index contributed by atoms with van der Waals surface area (Å²) in [4.78, 5) is 14.7. The Labute approximate surface area is 194 Å². The van der Waals surface area contributed by atoms with Gasteiger partial charge in [0.15, 0.2) is 0 Å². The highest BCUT2D eigenvalue weighted by molar-refractivity contribution is 7.89. The average molecular weight is 484 g/mol. The third kappa shape index (κ3) is 6.13. The van der Waals surface area contributed by atoms with Crippen molar-refractivity contribution in [2.24, 2.45) is 5.92 Å². The number of carbonyl (C=O) groups is 1. The molecule has 0 bridgehead atoms. The molecule has 2 aromatic carbocycles. The van der Waals surface area contributed by atoms with Gasteiger partial charge in [-0.1, -0.05) is 41.4 Å². The van der Waals surface area contributed by atoms with E-state index in [0.717, 1.165) is 18.7 Å². The maximum atomic E-state index is 12.9. The Balaban J connectivity index is 1.45. The molecule has 1 amide bonds. The SMILES string of the molecule is CN(CCCNC(=O)C1CCN(S(=O)(=O)c2cc(Cl)ccc2Cl)CC1)c1ccccc1. The van der Waals surface area contributed by atoms with Gasteiger partial charge in [0.05, 0.1) is 5.02 Å². The zero-order valence-electron chi connectivity index (χ0n) is 17.4. The molecule has 31 heavy (non-hydrogen) atoms. The van der Waals surface area contributed by atoms with Crippen LogP contribution in [0.1, 0.15) is 19.3 Å². The molecule has 3 rings (SSSR count). The lowest BCUT2D eigenvalue weighted by molar-refractivity contribution is -0.126. The topological polar surface area (TPSA) is 69.7 Å². The molecule has 0 saturated carbocycles. The average Bonchev–Trinajstić information content (AvgIpc) is 2.78. The van der Waals surface area contributed by atoms with Crippen LogP contribution in [0.25, 0.3) is 0 Å². The minimum Gasteiger partial charge on any atom is -0.375 e. The van der Waals surface area contributed by atoms with Crippen LogP contribution < -0.4 is 10.2 Å². The molecule has 0 spiro atoms. The molecule has 1 fully saturated rings. The zero-order chi connectivity index (χ0) is 22.4. The Morgan fingerprint density at radius 3 is 2.48 bits per heavy atom. The van der Waals surface area contributed by atoms with E-state index in [9.17, 15) is 13.2 Å². The summed E-state index contributed by atoms with van der Waals surface area (Å²) in [7, 11) is -1.71. The van der Waals surface area contributed by atoms with Crippen LogP contribution in [0.2, 0.25) is 10.0 Å². The summed E-state index contributed by atoms with van der Waals surface area (Å²) in [6, 6.07) is 14.5. The van der Waals surface area contributed by atoms with Gasteiger partial charge in [0, 0.05) is 49.9 Å². The summed E-state index contributed by atoms with van der Waals surface area (Å²) in [6.07, 6.45) is 1.79. The van der Waals surface area contributed by atoms with Crippen molar-refractivity contribution in [2.75, 3.05) is 38.1 Å². The molecule has 2 aromatic rings. The zero-order valence-corrected chi connectivity index (χ0v) is 19.8. The van der Waals surface area contributed by atoms with Crippen molar-refractivity contribution < 1.29 is 13.2 Å². The Morgan fingerprint density at radius 2 is 1.81 bits per heavy atom. The molecule has 6 nitrogen and oxygen atoms in total. The Kier molecular flexibility index (Phi) is 8.22. The normalized spacial score (nSPS) is 15.6. The minimum atomic E-state index is -3.74. The van der Waals surface area contributed by atoms with E-state index < -0.39 is 10.0 Å². The summed E-state index contributed by atoms with van der Waals surface area (Å²) in [6.45, 7) is 1.98. The second-order valence-electron chi connectivity index (χ2n) is 7.65. The van der Waals surface area contributed by atoms with Crippen molar-refractivity contribution in [1.29, 1.82) is 0 Å². The summed E-state index contributed by atoms with van der Waals surface area (Å²) < 4.78 is 27.2. The summed E-state index contributed by atoms with van der Waals surface area (Å²) >= 11 is 12.0. The van der Waals surface area contributed by atoms with E-state index in [-0.39, 0.29) is 34.8 Å². The molecule has 1 aliphatic rings. The lowest BCUT2D eigenvalue weighted by Gasteiger charge is -2.30. The third-order valence-corrected chi connectivity index (χ3v) is 8.12.